The molecule has 1 heterocycles. The minimum atomic E-state index is -0.297. The summed E-state index contributed by atoms with van der Waals surface area (Å²) in [4.78, 5) is 12.3. The van der Waals surface area contributed by atoms with Crippen LogP contribution in [0.4, 0.5) is 0 Å². The monoisotopic (exact) mass is 252 g/mol. The predicted molar refractivity (Wildman–Crippen MR) is 70.7 cm³/mol. The molecule has 3 N–H and O–H groups in total. The number of nitrogens with two attached hydrogens (primary N) is 1. The Morgan fingerprint density at radius 2 is 2.18 bits per heavy atom. The zero-order valence-corrected chi connectivity index (χ0v) is 10.9. The fourth-order valence-corrected chi connectivity index (χ4v) is 3.18. The van der Waals surface area contributed by atoms with E-state index in [1.54, 1.807) is 11.3 Å². The maximum absolute atomic E-state index is 12.3. The third-order valence-corrected chi connectivity index (χ3v) is 4.45. The molecule has 1 fully saturated rings. The van der Waals surface area contributed by atoms with E-state index in [1.807, 2.05) is 11.4 Å². The maximum atomic E-state index is 12.3. The minimum absolute atomic E-state index is 0.144. The van der Waals surface area contributed by atoms with Crippen LogP contribution in [0, 0.1) is 5.41 Å². The van der Waals surface area contributed by atoms with Crippen molar-refractivity contribution in [3.8, 4) is 0 Å². The number of amides is 1. The van der Waals surface area contributed by atoms with E-state index in [0.29, 0.717) is 13.1 Å². The maximum Gasteiger partial charge on any atom is 0.227 e. The Hall–Kier alpha value is -0.870. The van der Waals surface area contributed by atoms with Crippen molar-refractivity contribution in [1.29, 1.82) is 0 Å². The Labute approximate surface area is 106 Å². The largest absolute Gasteiger partial charge is 0.351 e. The zero-order chi connectivity index (χ0) is 12.1. The molecule has 0 aromatic carbocycles. The summed E-state index contributed by atoms with van der Waals surface area (Å²) < 4.78 is 0. The lowest BCUT2D eigenvalue weighted by Crippen LogP contribution is -2.46. The van der Waals surface area contributed by atoms with Gasteiger partial charge in [-0.3, -0.25) is 4.79 Å². The second-order valence-corrected chi connectivity index (χ2v) is 5.64. The zero-order valence-electron chi connectivity index (χ0n) is 10.1. The van der Waals surface area contributed by atoms with Crippen molar-refractivity contribution in [2.45, 2.75) is 38.6 Å². The van der Waals surface area contributed by atoms with Crippen LogP contribution in [0.1, 0.15) is 37.7 Å². The van der Waals surface area contributed by atoms with Crippen LogP contribution in [0.25, 0.3) is 0 Å². The summed E-state index contributed by atoms with van der Waals surface area (Å²) >= 11 is 1.66. The van der Waals surface area contributed by atoms with E-state index in [9.17, 15) is 4.79 Å². The first-order valence-electron chi connectivity index (χ1n) is 6.26. The van der Waals surface area contributed by atoms with Crippen molar-refractivity contribution in [3.63, 3.8) is 0 Å². The van der Waals surface area contributed by atoms with Crippen molar-refractivity contribution >= 4 is 17.2 Å². The molecule has 0 unspecified atom stereocenters. The minimum Gasteiger partial charge on any atom is -0.351 e. The first-order chi connectivity index (χ1) is 8.27. The molecule has 1 saturated carbocycles. The number of hydrogen-bond acceptors (Lipinski definition) is 3. The van der Waals surface area contributed by atoms with Crippen LogP contribution in [0.15, 0.2) is 16.8 Å². The van der Waals surface area contributed by atoms with Gasteiger partial charge in [0.1, 0.15) is 0 Å². The Kier molecular flexibility index (Phi) is 4.18. The molecule has 4 heteroatoms. The van der Waals surface area contributed by atoms with Crippen molar-refractivity contribution in [1.82, 2.24) is 5.32 Å². The fraction of sp³-hybridized carbons (Fsp3) is 0.615. The van der Waals surface area contributed by atoms with Crippen molar-refractivity contribution in [2.75, 3.05) is 6.54 Å². The molecule has 0 spiro atoms. The summed E-state index contributed by atoms with van der Waals surface area (Å²) in [6.45, 7) is 1.10. The number of thiophene rings is 1. The standard InChI is InChI=1S/C13H20N2OS/c14-10-13(5-2-1-3-6-13)12(16)15-8-11-4-7-17-9-11/h4,7,9H,1-3,5-6,8,10,14H2,(H,15,16). The summed E-state index contributed by atoms with van der Waals surface area (Å²) in [5, 5.41) is 7.13. The average Bonchev–Trinajstić information content (AvgIpc) is 2.90. The van der Waals surface area contributed by atoms with Crippen LogP contribution in [0.3, 0.4) is 0 Å². The highest BCUT2D eigenvalue weighted by atomic mass is 32.1. The second-order valence-electron chi connectivity index (χ2n) is 4.86. The molecule has 0 bridgehead atoms. The van der Waals surface area contributed by atoms with Crippen LogP contribution < -0.4 is 11.1 Å². The Morgan fingerprint density at radius 1 is 1.41 bits per heavy atom. The molecule has 3 nitrogen and oxygen atoms in total. The predicted octanol–water partition coefficient (Wildman–Crippen LogP) is 2.27. The van der Waals surface area contributed by atoms with Crippen molar-refractivity contribution < 1.29 is 4.79 Å². The number of carbonyl (C=O) groups excluding carboxylic acids is 1. The van der Waals surface area contributed by atoms with Crippen molar-refractivity contribution in [3.05, 3.63) is 22.4 Å². The third-order valence-electron chi connectivity index (χ3n) is 3.72. The Bertz CT molecular complexity index is 356. The van der Waals surface area contributed by atoms with Gasteiger partial charge in [-0.1, -0.05) is 19.3 Å². The van der Waals surface area contributed by atoms with Gasteiger partial charge in [0, 0.05) is 13.1 Å². The van der Waals surface area contributed by atoms with Crippen LogP contribution in [-0.4, -0.2) is 12.5 Å². The van der Waals surface area contributed by atoms with Gasteiger partial charge in [-0.15, -0.1) is 0 Å². The van der Waals surface area contributed by atoms with Crippen LogP contribution in [-0.2, 0) is 11.3 Å². The summed E-state index contributed by atoms with van der Waals surface area (Å²) in [6.07, 6.45) is 5.38. The normalized spacial score (nSPS) is 18.9. The van der Waals surface area contributed by atoms with Gasteiger partial charge in [-0.05, 0) is 35.2 Å². The molecule has 1 amide bonds. The van der Waals surface area contributed by atoms with Crippen molar-refractivity contribution in [2.24, 2.45) is 11.1 Å². The number of nitrogens with one attached hydrogen (secondary N) is 1. The molecule has 0 aliphatic heterocycles. The van der Waals surface area contributed by atoms with Crippen LogP contribution >= 0.6 is 11.3 Å². The lowest BCUT2D eigenvalue weighted by Gasteiger charge is -2.34. The Morgan fingerprint density at radius 3 is 2.76 bits per heavy atom. The van der Waals surface area contributed by atoms with E-state index >= 15 is 0 Å². The van der Waals surface area contributed by atoms with Gasteiger partial charge in [0.2, 0.25) is 5.91 Å². The van der Waals surface area contributed by atoms with Crippen LogP contribution in [0.5, 0.6) is 0 Å². The Balaban J connectivity index is 1.93. The van der Waals surface area contributed by atoms with Gasteiger partial charge < -0.3 is 11.1 Å². The van der Waals surface area contributed by atoms with E-state index in [4.69, 9.17) is 5.73 Å². The van der Waals surface area contributed by atoms with Gasteiger partial charge >= 0.3 is 0 Å². The summed E-state index contributed by atoms with van der Waals surface area (Å²) in [5.41, 5.74) is 6.70. The van der Waals surface area contributed by atoms with E-state index in [0.717, 1.165) is 25.7 Å². The first-order valence-corrected chi connectivity index (χ1v) is 7.21. The molecule has 1 aliphatic carbocycles. The highest BCUT2D eigenvalue weighted by Gasteiger charge is 2.37. The smallest absolute Gasteiger partial charge is 0.227 e. The van der Waals surface area contributed by atoms with Gasteiger partial charge in [0.15, 0.2) is 0 Å². The lowest BCUT2D eigenvalue weighted by molar-refractivity contribution is -0.132. The highest BCUT2D eigenvalue weighted by Crippen LogP contribution is 2.35. The molecule has 0 radical (unpaired) electrons. The molecular weight excluding hydrogens is 232 g/mol. The van der Waals surface area contributed by atoms with Gasteiger partial charge in [-0.25, -0.2) is 0 Å². The number of carbonyl (C=O) groups is 1. The molecule has 2 rings (SSSR count). The summed E-state index contributed by atoms with van der Waals surface area (Å²) in [5.74, 6) is 0.144. The summed E-state index contributed by atoms with van der Waals surface area (Å²) in [6, 6.07) is 2.04. The third kappa shape index (κ3) is 2.87. The summed E-state index contributed by atoms with van der Waals surface area (Å²) in [7, 11) is 0. The van der Waals surface area contributed by atoms with Gasteiger partial charge in [0.25, 0.3) is 0 Å². The van der Waals surface area contributed by atoms with E-state index < -0.39 is 0 Å². The SMILES string of the molecule is NCC1(C(=O)NCc2ccsc2)CCCCC1. The number of rotatable bonds is 4. The van der Waals surface area contributed by atoms with Gasteiger partial charge in [-0.2, -0.15) is 11.3 Å². The molecular formula is C13H20N2OS. The molecule has 0 atom stereocenters. The molecule has 0 saturated heterocycles. The molecule has 1 aliphatic rings. The van der Waals surface area contributed by atoms with E-state index in [1.165, 1.54) is 12.0 Å². The molecule has 1 aromatic rings. The molecule has 94 valence electrons. The fourth-order valence-electron chi connectivity index (χ4n) is 2.52. The number of hydrogen-bond donors (Lipinski definition) is 2. The average molecular weight is 252 g/mol. The quantitative estimate of drug-likeness (QED) is 0.863. The lowest BCUT2D eigenvalue weighted by atomic mass is 9.73. The first kappa shape index (κ1) is 12.6. The topological polar surface area (TPSA) is 55.1 Å². The second kappa shape index (κ2) is 5.65. The molecule has 1 aromatic heterocycles. The van der Waals surface area contributed by atoms with E-state index in [2.05, 4.69) is 10.7 Å². The molecule has 17 heavy (non-hydrogen) atoms. The van der Waals surface area contributed by atoms with Gasteiger partial charge in [0.05, 0.1) is 5.41 Å². The van der Waals surface area contributed by atoms with E-state index in [-0.39, 0.29) is 11.3 Å². The highest BCUT2D eigenvalue weighted by molar-refractivity contribution is 7.07. The van der Waals surface area contributed by atoms with Crippen LogP contribution in [0.2, 0.25) is 0 Å².